The minimum absolute atomic E-state index is 0.108. The number of ketones is 2. The van der Waals surface area contributed by atoms with Crippen LogP contribution in [0.5, 0.6) is 0 Å². The van der Waals surface area contributed by atoms with Crippen LogP contribution in [-0.2, 0) is 11.2 Å². The normalized spacial score (nSPS) is 14.5. The highest BCUT2D eigenvalue weighted by Gasteiger charge is 2.23. The van der Waals surface area contributed by atoms with Crippen molar-refractivity contribution >= 4 is 28.2 Å². The molecule has 3 aromatic rings. The van der Waals surface area contributed by atoms with E-state index in [1.807, 2.05) is 37.3 Å². The molecule has 0 radical (unpaired) electrons. The van der Waals surface area contributed by atoms with E-state index < -0.39 is 0 Å². The van der Waals surface area contributed by atoms with E-state index >= 15 is 0 Å². The van der Waals surface area contributed by atoms with Crippen molar-refractivity contribution in [2.45, 2.75) is 39.5 Å². The first-order valence-corrected chi connectivity index (χ1v) is 10.8. The molecule has 0 saturated carbocycles. The molecule has 1 saturated heterocycles. The van der Waals surface area contributed by atoms with Gasteiger partial charge in [0, 0.05) is 28.8 Å². The van der Waals surface area contributed by atoms with Gasteiger partial charge in [-0.1, -0.05) is 30.7 Å². The van der Waals surface area contributed by atoms with Gasteiger partial charge in [-0.3, -0.25) is 14.5 Å². The lowest BCUT2D eigenvalue weighted by molar-refractivity contribution is -0.116. The number of aromatic nitrogens is 1. The molecule has 0 amide bonds. The molecule has 1 fully saturated rings. The van der Waals surface area contributed by atoms with E-state index in [0.717, 1.165) is 59.3 Å². The number of hydrogen-bond donors (Lipinski definition) is 0. The van der Waals surface area contributed by atoms with Crippen molar-refractivity contribution in [3.63, 3.8) is 0 Å². The molecule has 0 bridgehead atoms. The third kappa shape index (κ3) is 4.30. The second-order valence-electron chi connectivity index (χ2n) is 8.41. The molecular weight excluding hydrogens is 386 g/mol. The Kier molecular flexibility index (Phi) is 6.01. The van der Waals surface area contributed by atoms with Crippen LogP contribution in [0.25, 0.3) is 21.4 Å². The second kappa shape index (κ2) is 8.87. The lowest BCUT2D eigenvalue weighted by atomic mass is 10.0. The molecule has 158 valence electrons. The van der Waals surface area contributed by atoms with Gasteiger partial charge < -0.3 is 4.57 Å². The summed E-state index contributed by atoms with van der Waals surface area (Å²) in [4.78, 5) is 30.8. The second-order valence-corrected chi connectivity index (χ2v) is 8.41. The molecule has 0 spiro atoms. The highest BCUT2D eigenvalue weighted by molar-refractivity contribution is 6.11. The summed E-state index contributed by atoms with van der Waals surface area (Å²) in [5, 5.41) is 0.918. The van der Waals surface area contributed by atoms with Gasteiger partial charge in [-0.2, -0.15) is 0 Å². The number of rotatable bonds is 6. The Morgan fingerprint density at radius 3 is 2.39 bits per heavy atom. The van der Waals surface area contributed by atoms with Crippen molar-refractivity contribution in [1.82, 2.24) is 9.47 Å². The van der Waals surface area contributed by atoms with E-state index in [1.54, 1.807) is 19.1 Å². The van der Waals surface area contributed by atoms with Gasteiger partial charge in [0.2, 0.25) is 0 Å². The van der Waals surface area contributed by atoms with Crippen LogP contribution in [-0.4, -0.2) is 40.7 Å². The first-order valence-electron chi connectivity index (χ1n) is 10.8. The molecule has 0 N–H and O–H groups in total. The summed E-state index contributed by atoms with van der Waals surface area (Å²) in [6.45, 7) is 13.2. The minimum atomic E-state index is 0.108. The van der Waals surface area contributed by atoms with Crippen molar-refractivity contribution < 1.29 is 9.59 Å². The standard InChI is InChI=1S/C26H27N3O2/c1-18(30)15-20-7-12-23-24(16-20)29(22-10-8-21(27-3)9-11-22)19(2)26(23)25(31)17-28-13-5-4-6-14-28/h7-12,16H,4-6,13-15,17H2,1-2H3. The summed E-state index contributed by atoms with van der Waals surface area (Å²) in [7, 11) is 0. The number of hydrogen-bond acceptors (Lipinski definition) is 3. The van der Waals surface area contributed by atoms with Crippen molar-refractivity contribution in [2.75, 3.05) is 19.6 Å². The number of Topliss-reactive ketones (excluding diaryl/α,β-unsaturated/α-hetero) is 2. The third-order valence-corrected chi connectivity index (χ3v) is 6.05. The fourth-order valence-corrected chi connectivity index (χ4v) is 4.62. The number of fused-ring (bicyclic) bond motifs is 1. The molecule has 1 aliphatic heterocycles. The summed E-state index contributed by atoms with van der Waals surface area (Å²) in [5.74, 6) is 0.247. The molecule has 4 rings (SSSR count). The Morgan fingerprint density at radius 1 is 1.03 bits per heavy atom. The van der Waals surface area contributed by atoms with Crippen LogP contribution in [0.3, 0.4) is 0 Å². The molecule has 0 aliphatic carbocycles. The summed E-state index contributed by atoms with van der Waals surface area (Å²) in [5.41, 5.74) is 5.00. The smallest absolute Gasteiger partial charge is 0.187 e. The van der Waals surface area contributed by atoms with Gasteiger partial charge in [-0.05, 0) is 63.5 Å². The largest absolute Gasteiger partial charge is 0.313 e. The van der Waals surface area contributed by atoms with Crippen molar-refractivity contribution in [1.29, 1.82) is 0 Å². The van der Waals surface area contributed by atoms with Gasteiger partial charge in [-0.15, -0.1) is 0 Å². The zero-order valence-electron chi connectivity index (χ0n) is 18.1. The maximum atomic E-state index is 13.4. The van der Waals surface area contributed by atoms with Gasteiger partial charge >= 0.3 is 0 Å². The highest BCUT2D eigenvalue weighted by Crippen LogP contribution is 2.32. The number of piperidine rings is 1. The van der Waals surface area contributed by atoms with Crippen LogP contribution >= 0.6 is 0 Å². The molecule has 0 unspecified atom stereocenters. The molecular formula is C26H27N3O2. The Labute approximate surface area is 183 Å². The zero-order valence-corrected chi connectivity index (χ0v) is 18.1. The minimum Gasteiger partial charge on any atom is -0.313 e. The molecule has 1 aromatic heterocycles. The van der Waals surface area contributed by atoms with Crippen LogP contribution < -0.4 is 0 Å². The van der Waals surface area contributed by atoms with Gasteiger partial charge in [0.05, 0.1) is 18.6 Å². The number of likely N-dealkylation sites (tertiary alicyclic amines) is 1. The lowest BCUT2D eigenvalue weighted by Crippen LogP contribution is -2.34. The fourth-order valence-electron chi connectivity index (χ4n) is 4.62. The first-order chi connectivity index (χ1) is 15.0. The lowest BCUT2D eigenvalue weighted by Gasteiger charge is -2.25. The summed E-state index contributed by atoms with van der Waals surface area (Å²) in [6, 6.07) is 13.4. The summed E-state index contributed by atoms with van der Waals surface area (Å²) >= 11 is 0. The van der Waals surface area contributed by atoms with Gasteiger partial charge in [-0.25, -0.2) is 4.85 Å². The number of nitrogens with zero attached hydrogens (tertiary/aromatic N) is 3. The summed E-state index contributed by atoms with van der Waals surface area (Å²) in [6.07, 6.45) is 3.90. The van der Waals surface area contributed by atoms with Gasteiger partial charge in [0.15, 0.2) is 11.5 Å². The first kappa shape index (κ1) is 21.0. The third-order valence-electron chi connectivity index (χ3n) is 6.05. The zero-order chi connectivity index (χ0) is 22.0. The van der Waals surface area contributed by atoms with Crippen LogP contribution in [0.15, 0.2) is 42.5 Å². The number of carbonyl (C=O) groups excluding carboxylic acids is 2. The molecule has 0 atom stereocenters. The van der Waals surface area contributed by atoms with E-state index in [4.69, 9.17) is 6.57 Å². The molecule has 2 aromatic carbocycles. The fraction of sp³-hybridized carbons (Fsp3) is 0.346. The quantitative estimate of drug-likeness (QED) is 0.407. The maximum absolute atomic E-state index is 13.4. The summed E-state index contributed by atoms with van der Waals surface area (Å²) < 4.78 is 2.08. The molecule has 5 nitrogen and oxygen atoms in total. The predicted molar refractivity (Wildman–Crippen MR) is 123 cm³/mol. The van der Waals surface area contributed by atoms with Crippen molar-refractivity contribution in [3.8, 4) is 5.69 Å². The average Bonchev–Trinajstić information content (AvgIpc) is 3.05. The van der Waals surface area contributed by atoms with Crippen molar-refractivity contribution in [3.05, 3.63) is 70.7 Å². The maximum Gasteiger partial charge on any atom is 0.187 e. The van der Waals surface area contributed by atoms with Gasteiger partial charge in [0.25, 0.3) is 0 Å². The Bertz CT molecular complexity index is 1180. The molecule has 2 heterocycles. The number of benzene rings is 2. The topological polar surface area (TPSA) is 46.7 Å². The molecule has 5 heteroatoms. The van der Waals surface area contributed by atoms with E-state index in [0.29, 0.717) is 18.7 Å². The Hall–Kier alpha value is -3.23. The van der Waals surface area contributed by atoms with Crippen LogP contribution in [0.2, 0.25) is 0 Å². The predicted octanol–water partition coefficient (Wildman–Crippen LogP) is 5.29. The van der Waals surface area contributed by atoms with E-state index in [2.05, 4.69) is 14.3 Å². The van der Waals surface area contributed by atoms with Crippen LogP contribution in [0.1, 0.15) is 47.8 Å². The van der Waals surface area contributed by atoms with Crippen LogP contribution in [0, 0.1) is 13.5 Å². The van der Waals surface area contributed by atoms with E-state index in [1.165, 1.54) is 6.42 Å². The van der Waals surface area contributed by atoms with Crippen LogP contribution in [0.4, 0.5) is 5.69 Å². The Morgan fingerprint density at radius 2 is 1.74 bits per heavy atom. The van der Waals surface area contributed by atoms with Gasteiger partial charge in [0.1, 0.15) is 5.78 Å². The van der Waals surface area contributed by atoms with E-state index in [-0.39, 0.29) is 11.6 Å². The average molecular weight is 414 g/mol. The van der Waals surface area contributed by atoms with Crippen molar-refractivity contribution in [2.24, 2.45) is 0 Å². The SMILES string of the molecule is [C-]#[N+]c1ccc(-n2c(C)c(C(=O)CN3CCCCC3)c3ccc(CC(C)=O)cc32)cc1. The Balaban J connectivity index is 1.83. The van der Waals surface area contributed by atoms with E-state index in [9.17, 15) is 9.59 Å². The highest BCUT2D eigenvalue weighted by atomic mass is 16.1. The monoisotopic (exact) mass is 413 g/mol. The molecule has 31 heavy (non-hydrogen) atoms. The molecule has 1 aliphatic rings. The number of carbonyl (C=O) groups is 2.